The number of ether oxygens (including phenoxy) is 1. The molecular formula is C35H39N5O2. The number of esters is 1. The Balaban J connectivity index is 1.47. The minimum absolute atomic E-state index is 0.353. The molecular weight excluding hydrogens is 522 g/mol. The van der Waals surface area contributed by atoms with E-state index in [-0.39, 0.29) is 5.97 Å². The van der Waals surface area contributed by atoms with E-state index in [9.17, 15) is 4.79 Å². The molecule has 42 heavy (non-hydrogen) atoms. The third-order valence-electron chi connectivity index (χ3n) is 8.25. The molecule has 1 N–H and O–H groups in total. The fourth-order valence-corrected chi connectivity index (χ4v) is 6.01. The van der Waals surface area contributed by atoms with Crippen LogP contribution in [0.1, 0.15) is 67.8 Å². The number of aromatic nitrogens is 4. The standard InChI is InChI=1S/C35H39N5O2/c1-3-4-21-40-32-28(16-11-17-29(32)38-35(40)36-24-26-14-9-6-10-15-26)33-37-30-23-27(34(41)42-2)18-19-31(30)39(33)22-20-25-12-7-5-8-13-25/h6,9-12,14-19,23H,3-5,7-8,13,20-22,24H2,1-2H3,(H,36,38). The normalized spacial score (nSPS) is 13.4. The van der Waals surface area contributed by atoms with Crippen LogP contribution in [0.15, 0.2) is 78.4 Å². The molecule has 0 radical (unpaired) electrons. The summed E-state index contributed by atoms with van der Waals surface area (Å²) in [6, 6.07) is 22.4. The second-order valence-electron chi connectivity index (χ2n) is 11.1. The first-order valence-electron chi connectivity index (χ1n) is 15.2. The first kappa shape index (κ1) is 27.8. The molecule has 6 rings (SSSR count). The number of unbranched alkanes of at least 4 members (excludes halogenated alkanes) is 1. The van der Waals surface area contributed by atoms with Gasteiger partial charge in [0.15, 0.2) is 0 Å². The smallest absolute Gasteiger partial charge is 0.337 e. The number of hydrogen-bond acceptors (Lipinski definition) is 5. The van der Waals surface area contributed by atoms with Crippen molar-refractivity contribution in [1.29, 1.82) is 0 Å². The van der Waals surface area contributed by atoms with Crippen molar-refractivity contribution in [3.8, 4) is 11.4 Å². The Morgan fingerprint density at radius 2 is 1.83 bits per heavy atom. The highest BCUT2D eigenvalue weighted by Gasteiger charge is 2.21. The summed E-state index contributed by atoms with van der Waals surface area (Å²) in [5.74, 6) is 1.42. The summed E-state index contributed by atoms with van der Waals surface area (Å²) in [6.45, 7) is 4.61. The number of para-hydroxylation sites is 1. The number of fused-ring (bicyclic) bond motifs is 2. The van der Waals surface area contributed by atoms with Crippen LogP contribution in [0, 0.1) is 0 Å². The van der Waals surface area contributed by atoms with Gasteiger partial charge in [-0.05, 0) is 74.4 Å². The average Bonchev–Trinajstić information content (AvgIpc) is 3.59. The van der Waals surface area contributed by atoms with Gasteiger partial charge in [0.2, 0.25) is 5.95 Å². The lowest BCUT2D eigenvalue weighted by molar-refractivity contribution is 0.0601. The van der Waals surface area contributed by atoms with Gasteiger partial charge in [0.25, 0.3) is 0 Å². The predicted octanol–water partition coefficient (Wildman–Crippen LogP) is 8.14. The van der Waals surface area contributed by atoms with Crippen LogP contribution in [0.3, 0.4) is 0 Å². The van der Waals surface area contributed by atoms with E-state index in [0.717, 1.165) is 71.8 Å². The molecule has 0 fully saturated rings. The molecule has 7 heteroatoms. The number of aryl methyl sites for hydroxylation is 2. The van der Waals surface area contributed by atoms with Gasteiger partial charge < -0.3 is 19.2 Å². The van der Waals surface area contributed by atoms with E-state index < -0.39 is 0 Å². The zero-order valence-electron chi connectivity index (χ0n) is 24.6. The molecule has 2 aromatic heterocycles. The van der Waals surface area contributed by atoms with Crippen LogP contribution in [0.2, 0.25) is 0 Å². The van der Waals surface area contributed by atoms with Gasteiger partial charge in [0.1, 0.15) is 5.82 Å². The van der Waals surface area contributed by atoms with Crippen molar-refractivity contribution in [2.75, 3.05) is 12.4 Å². The zero-order valence-corrected chi connectivity index (χ0v) is 24.6. The third-order valence-corrected chi connectivity index (χ3v) is 8.25. The van der Waals surface area contributed by atoms with Gasteiger partial charge in [0.05, 0.1) is 34.7 Å². The van der Waals surface area contributed by atoms with Gasteiger partial charge in [-0.3, -0.25) is 0 Å². The number of nitrogens with one attached hydrogen (secondary N) is 1. The molecule has 1 aliphatic rings. The quantitative estimate of drug-likeness (QED) is 0.130. The SMILES string of the molecule is CCCCn1c(NCc2ccccc2)nc2cccc(-c3nc4cc(C(=O)OC)ccc4n3CCC3=CCCCC3)c21. The number of carbonyl (C=O) groups is 1. The molecule has 3 aromatic carbocycles. The van der Waals surface area contributed by atoms with Crippen LogP contribution in [-0.2, 0) is 24.4 Å². The van der Waals surface area contributed by atoms with Crippen molar-refractivity contribution < 1.29 is 9.53 Å². The maximum atomic E-state index is 12.4. The molecule has 2 heterocycles. The molecule has 0 saturated carbocycles. The van der Waals surface area contributed by atoms with Gasteiger partial charge in [-0.25, -0.2) is 14.8 Å². The van der Waals surface area contributed by atoms with Gasteiger partial charge in [-0.2, -0.15) is 0 Å². The monoisotopic (exact) mass is 561 g/mol. The van der Waals surface area contributed by atoms with Gasteiger partial charge in [-0.15, -0.1) is 0 Å². The number of allylic oxidation sites excluding steroid dienone is 2. The number of benzene rings is 3. The molecule has 0 spiro atoms. The minimum atomic E-state index is -0.353. The van der Waals surface area contributed by atoms with Crippen LogP contribution >= 0.6 is 0 Å². The Labute approximate surface area is 247 Å². The first-order chi connectivity index (χ1) is 20.7. The summed E-state index contributed by atoms with van der Waals surface area (Å²) in [7, 11) is 1.41. The highest BCUT2D eigenvalue weighted by atomic mass is 16.5. The highest BCUT2D eigenvalue weighted by Crippen LogP contribution is 2.34. The third kappa shape index (κ3) is 5.69. The van der Waals surface area contributed by atoms with Crippen molar-refractivity contribution in [3.63, 3.8) is 0 Å². The summed E-state index contributed by atoms with van der Waals surface area (Å²) in [6.07, 6.45) is 10.4. The molecule has 5 aromatic rings. The van der Waals surface area contributed by atoms with Crippen LogP contribution in [0.4, 0.5) is 5.95 Å². The van der Waals surface area contributed by atoms with Crippen molar-refractivity contribution in [3.05, 3.63) is 89.5 Å². The lowest BCUT2D eigenvalue weighted by Gasteiger charge is -2.16. The number of nitrogens with zero attached hydrogens (tertiary/aromatic N) is 4. The van der Waals surface area contributed by atoms with Crippen LogP contribution in [0.5, 0.6) is 0 Å². The lowest BCUT2D eigenvalue weighted by atomic mass is 9.97. The average molecular weight is 562 g/mol. The number of anilines is 1. The van der Waals surface area contributed by atoms with Crippen molar-refractivity contribution >= 4 is 34.0 Å². The van der Waals surface area contributed by atoms with Crippen LogP contribution in [0.25, 0.3) is 33.5 Å². The molecule has 0 aliphatic heterocycles. The van der Waals surface area contributed by atoms with E-state index in [1.54, 1.807) is 0 Å². The molecule has 0 unspecified atom stereocenters. The Morgan fingerprint density at radius 3 is 2.62 bits per heavy atom. The molecule has 0 saturated heterocycles. The van der Waals surface area contributed by atoms with E-state index in [1.807, 2.05) is 24.3 Å². The summed E-state index contributed by atoms with van der Waals surface area (Å²) < 4.78 is 9.65. The van der Waals surface area contributed by atoms with Crippen LogP contribution in [-0.4, -0.2) is 32.2 Å². The summed E-state index contributed by atoms with van der Waals surface area (Å²) >= 11 is 0. The highest BCUT2D eigenvalue weighted by molar-refractivity contribution is 5.97. The second-order valence-corrected chi connectivity index (χ2v) is 11.1. The van der Waals surface area contributed by atoms with Gasteiger partial charge in [-0.1, -0.05) is 61.4 Å². The molecule has 7 nitrogen and oxygen atoms in total. The fraction of sp³-hybridized carbons (Fsp3) is 0.343. The van der Waals surface area contributed by atoms with Crippen molar-refractivity contribution in [2.24, 2.45) is 0 Å². The predicted molar refractivity (Wildman–Crippen MR) is 170 cm³/mol. The minimum Gasteiger partial charge on any atom is -0.465 e. The molecule has 1 aliphatic carbocycles. The lowest BCUT2D eigenvalue weighted by Crippen LogP contribution is -2.09. The first-order valence-corrected chi connectivity index (χ1v) is 15.2. The Morgan fingerprint density at radius 1 is 0.952 bits per heavy atom. The summed E-state index contributed by atoms with van der Waals surface area (Å²) in [5.41, 5.74) is 8.15. The molecule has 0 amide bonds. The molecule has 0 atom stereocenters. The van der Waals surface area contributed by atoms with Gasteiger partial charge >= 0.3 is 5.97 Å². The number of methoxy groups -OCH3 is 1. The van der Waals surface area contributed by atoms with Crippen molar-refractivity contribution in [1.82, 2.24) is 19.1 Å². The number of carbonyl (C=O) groups excluding carboxylic acids is 1. The summed E-state index contributed by atoms with van der Waals surface area (Å²) in [4.78, 5) is 22.6. The van der Waals surface area contributed by atoms with Crippen LogP contribution < -0.4 is 5.32 Å². The van der Waals surface area contributed by atoms with E-state index in [1.165, 1.54) is 43.9 Å². The second kappa shape index (κ2) is 12.6. The zero-order chi connectivity index (χ0) is 28.9. The summed E-state index contributed by atoms with van der Waals surface area (Å²) in [5, 5.41) is 3.61. The maximum absolute atomic E-state index is 12.4. The molecule has 0 bridgehead atoms. The van der Waals surface area contributed by atoms with Crippen molar-refractivity contribution in [2.45, 2.75) is 71.5 Å². The topological polar surface area (TPSA) is 74.0 Å². The van der Waals surface area contributed by atoms with Gasteiger partial charge in [0, 0.05) is 25.2 Å². The Hall–Kier alpha value is -4.39. The van der Waals surface area contributed by atoms with E-state index in [4.69, 9.17) is 14.7 Å². The Kier molecular flexibility index (Phi) is 8.35. The molecule has 216 valence electrons. The fourth-order valence-electron chi connectivity index (χ4n) is 6.01. The number of hydrogen-bond donors (Lipinski definition) is 1. The Bertz CT molecular complexity index is 1730. The van der Waals surface area contributed by atoms with E-state index >= 15 is 0 Å². The maximum Gasteiger partial charge on any atom is 0.337 e. The van der Waals surface area contributed by atoms with E-state index in [2.05, 4.69) is 69.9 Å². The largest absolute Gasteiger partial charge is 0.465 e. The van der Waals surface area contributed by atoms with E-state index in [0.29, 0.717) is 12.1 Å². The number of imidazole rings is 2. The number of rotatable bonds is 11.